The van der Waals surface area contributed by atoms with Crippen LogP contribution in [0.2, 0.25) is 5.15 Å². The van der Waals surface area contributed by atoms with E-state index < -0.39 is 10.0 Å². The van der Waals surface area contributed by atoms with E-state index in [1.54, 1.807) is 36.4 Å². The summed E-state index contributed by atoms with van der Waals surface area (Å²) in [6.07, 6.45) is 1.47. The standard InChI is InChI=1S/C17H15ClN2O3S/c1-11-4-6-13(7-5-11)24(21,22)20-9-8-14-16(20)10-15(12(2)23-3)19-17(14)18/h4-10H,2H2,1,3H3. The molecule has 0 aliphatic rings. The van der Waals surface area contributed by atoms with Crippen molar-refractivity contribution in [1.82, 2.24) is 8.96 Å². The molecule has 0 unspecified atom stereocenters. The van der Waals surface area contributed by atoms with Crippen molar-refractivity contribution in [2.75, 3.05) is 7.11 Å². The van der Waals surface area contributed by atoms with E-state index in [-0.39, 0.29) is 10.0 Å². The lowest BCUT2D eigenvalue weighted by Crippen LogP contribution is -2.12. The Morgan fingerprint density at radius 2 is 1.92 bits per heavy atom. The predicted octanol–water partition coefficient (Wildman–Crippen LogP) is 3.85. The van der Waals surface area contributed by atoms with Gasteiger partial charge in [0, 0.05) is 11.6 Å². The van der Waals surface area contributed by atoms with Gasteiger partial charge in [0.2, 0.25) is 0 Å². The van der Waals surface area contributed by atoms with Gasteiger partial charge >= 0.3 is 0 Å². The largest absolute Gasteiger partial charge is 0.495 e. The molecule has 7 heteroatoms. The Hall–Kier alpha value is -2.31. The fraction of sp³-hybridized carbons (Fsp3) is 0.118. The van der Waals surface area contributed by atoms with Gasteiger partial charge in [-0.3, -0.25) is 0 Å². The topological polar surface area (TPSA) is 61.2 Å². The third kappa shape index (κ3) is 2.68. The fourth-order valence-corrected chi connectivity index (χ4v) is 3.94. The summed E-state index contributed by atoms with van der Waals surface area (Å²) >= 11 is 6.18. The maximum Gasteiger partial charge on any atom is 0.268 e. The molecule has 0 aliphatic carbocycles. The van der Waals surface area contributed by atoms with Crippen LogP contribution in [0.15, 0.2) is 54.1 Å². The molecule has 0 N–H and O–H groups in total. The van der Waals surface area contributed by atoms with Crippen LogP contribution in [0.25, 0.3) is 16.7 Å². The summed E-state index contributed by atoms with van der Waals surface area (Å²) in [5.74, 6) is 0.305. The quantitative estimate of drug-likeness (QED) is 0.522. The Kier molecular flexibility index (Phi) is 4.11. The summed E-state index contributed by atoms with van der Waals surface area (Å²) in [4.78, 5) is 4.38. The minimum atomic E-state index is -3.75. The zero-order chi connectivity index (χ0) is 17.5. The third-order valence-corrected chi connectivity index (χ3v) is 5.71. The normalized spacial score (nSPS) is 11.6. The molecule has 0 atom stereocenters. The van der Waals surface area contributed by atoms with Gasteiger partial charge in [-0.1, -0.05) is 35.9 Å². The zero-order valence-electron chi connectivity index (χ0n) is 13.2. The molecule has 0 radical (unpaired) electrons. The Labute approximate surface area is 145 Å². The number of ether oxygens (including phenoxy) is 1. The van der Waals surface area contributed by atoms with Crippen molar-refractivity contribution in [3.05, 3.63) is 65.6 Å². The van der Waals surface area contributed by atoms with Crippen molar-refractivity contribution < 1.29 is 13.2 Å². The van der Waals surface area contributed by atoms with Crippen LogP contribution in [-0.4, -0.2) is 24.5 Å². The van der Waals surface area contributed by atoms with Crippen molar-refractivity contribution in [2.45, 2.75) is 11.8 Å². The highest BCUT2D eigenvalue weighted by Crippen LogP contribution is 2.29. The number of fused-ring (bicyclic) bond motifs is 1. The van der Waals surface area contributed by atoms with Crippen molar-refractivity contribution in [2.24, 2.45) is 0 Å². The lowest BCUT2D eigenvalue weighted by molar-refractivity contribution is 0.369. The van der Waals surface area contributed by atoms with Crippen LogP contribution in [0.5, 0.6) is 0 Å². The number of pyridine rings is 1. The first-order chi connectivity index (χ1) is 11.3. The van der Waals surface area contributed by atoms with Crippen LogP contribution in [0.1, 0.15) is 11.3 Å². The van der Waals surface area contributed by atoms with Gasteiger partial charge in [0.1, 0.15) is 16.6 Å². The first-order valence-electron chi connectivity index (χ1n) is 7.07. The van der Waals surface area contributed by atoms with Gasteiger partial charge in [-0.15, -0.1) is 0 Å². The molecule has 2 heterocycles. The molecule has 0 saturated carbocycles. The number of nitrogens with zero attached hydrogens (tertiary/aromatic N) is 2. The maximum absolute atomic E-state index is 12.9. The number of halogens is 1. The van der Waals surface area contributed by atoms with Gasteiger partial charge in [-0.05, 0) is 31.2 Å². The van der Waals surface area contributed by atoms with E-state index in [9.17, 15) is 8.42 Å². The Morgan fingerprint density at radius 1 is 1.25 bits per heavy atom. The molecule has 0 spiro atoms. The lowest BCUT2D eigenvalue weighted by atomic mass is 10.2. The van der Waals surface area contributed by atoms with E-state index in [4.69, 9.17) is 16.3 Å². The summed E-state index contributed by atoms with van der Waals surface area (Å²) in [5, 5.41) is 0.735. The van der Waals surface area contributed by atoms with Crippen molar-refractivity contribution >= 4 is 38.3 Å². The van der Waals surface area contributed by atoms with Crippen LogP contribution in [-0.2, 0) is 14.8 Å². The van der Waals surface area contributed by atoms with Crippen molar-refractivity contribution in [3.8, 4) is 0 Å². The zero-order valence-corrected chi connectivity index (χ0v) is 14.7. The van der Waals surface area contributed by atoms with E-state index in [1.165, 1.54) is 17.3 Å². The summed E-state index contributed by atoms with van der Waals surface area (Å²) in [6.45, 7) is 5.63. The number of aryl methyl sites for hydroxylation is 1. The highest BCUT2D eigenvalue weighted by Gasteiger charge is 2.21. The van der Waals surface area contributed by atoms with E-state index in [2.05, 4.69) is 11.6 Å². The molecular formula is C17H15ClN2O3S. The first kappa shape index (κ1) is 16.5. The van der Waals surface area contributed by atoms with Crippen LogP contribution in [0.4, 0.5) is 0 Å². The van der Waals surface area contributed by atoms with E-state index >= 15 is 0 Å². The van der Waals surface area contributed by atoms with E-state index in [1.807, 2.05) is 6.92 Å². The maximum atomic E-state index is 12.9. The Bertz CT molecular complexity index is 1040. The molecule has 3 aromatic rings. The molecule has 1 aromatic carbocycles. The van der Waals surface area contributed by atoms with Crippen molar-refractivity contribution in [1.29, 1.82) is 0 Å². The number of methoxy groups -OCH3 is 1. The average molecular weight is 363 g/mol. The second kappa shape index (κ2) is 5.96. The van der Waals surface area contributed by atoms with E-state index in [0.717, 1.165) is 5.56 Å². The van der Waals surface area contributed by atoms with Gasteiger partial charge in [-0.2, -0.15) is 0 Å². The van der Waals surface area contributed by atoms with Crippen LogP contribution in [0, 0.1) is 6.92 Å². The predicted molar refractivity (Wildman–Crippen MR) is 94.5 cm³/mol. The van der Waals surface area contributed by atoms with Crippen LogP contribution >= 0.6 is 11.6 Å². The monoisotopic (exact) mass is 362 g/mol. The molecule has 24 heavy (non-hydrogen) atoms. The molecule has 0 saturated heterocycles. The molecule has 0 amide bonds. The van der Waals surface area contributed by atoms with Gasteiger partial charge in [0.15, 0.2) is 0 Å². The molecule has 0 fully saturated rings. The van der Waals surface area contributed by atoms with Gasteiger partial charge < -0.3 is 4.74 Å². The fourth-order valence-electron chi connectivity index (χ4n) is 2.35. The van der Waals surface area contributed by atoms with Gasteiger partial charge in [0.25, 0.3) is 10.0 Å². The number of rotatable bonds is 4. The smallest absolute Gasteiger partial charge is 0.268 e. The van der Waals surface area contributed by atoms with Crippen LogP contribution in [0.3, 0.4) is 0 Å². The Morgan fingerprint density at radius 3 is 2.54 bits per heavy atom. The van der Waals surface area contributed by atoms with E-state index in [0.29, 0.717) is 22.4 Å². The molecular weight excluding hydrogens is 348 g/mol. The molecule has 2 aromatic heterocycles. The number of hydrogen-bond donors (Lipinski definition) is 0. The molecule has 3 rings (SSSR count). The van der Waals surface area contributed by atoms with Gasteiger partial charge in [-0.25, -0.2) is 17.4 Å². The average Bonchev–Trinajstić information content (AvgIpc) is 2.99. The minimum Gasteiger partial charge on any atom is -0.495 e. The Balaban J connectivity index is 2.24. The minimum absolute atomic E-state index is 0.193. The first-order valence-corrected chi connectivity index (χ1v) is 8.89. The molecule has 0 bridgehead atoms. The summed E-state index contributed by atoms with van der Waals surface area (Å²) in [7, 11) is -2.28. The second-order valence-electron chi connectivity index (χ2n) is 5.29. The summed E-state index contributed by atoms with van der Waals surface area (Å²) < 4.78 is 32.1. The summed E-state index contributed by atoms with van der Waals surface area (Å²) in [5.41, 5.74) is 1.79. The number of hydrogen-bond acceptors (Lipinski definition) is 4. The molecule has 124 valence electrons. The summed E-state index contributed by atoms with van der Waals surface area (Å²) in [6, 6.07) is 9.88. The molecule has 5 nitrogen and oxygen atoms in total. The van der Waals surface area contributed by atoms with Crippen molar-refractivity contribution in [3.63, 3.8) is 0 Å². The SMILES string of the molecule is C=C(OC)c1cc2c(ccn2S(=O)(=O)c2ccc(C)cc2)c(Cl)n1. The highest BCUT2D eigenvalue weighted by atomic mass is 35.5. The second-order valence-corrected chi connectivity index (χ2v) is 7.46. The number of benzene rings is 1. The highest BCUT2D eigenvalue weighted by molar-refractivity contribution is 7.90. The lowest BCUT2D eigenvalue weighted by Gasteiger charge is -2.10. The number of aromatic nitrogens is 2. The van der Waals surface area contributed by atoms with Crippen LogP contribution < -0.4 is 0 Å². The van der Waals surface area contributed by atoms with Gasteiger partial charge in [0.05, 0.1) is 17.5 Å². The third-order valence-electron chi connectivity index (χ3n) is 3.71. The molecule has 0 aliphatic heterocycles.